The van der Waals surface area contributed by atoms with Crippen LogP contribution in [-0.4, -0.2) is 17.9 Å². The highest BCUT2D eigenvalue weighted by Gasteiger charge is 2.60. The van der Waals surface area contributed by atoms with Crippen molar-refractivity contribution in [1.82, 2.24) is 0 Å². The summed E-state index contributed by atoms with van der Waals surface area (Å²) in [5.74, 6) is 2.44. The van der Waals surface area contributed by atoms with Gasteiger partial charge in [0.2, 0.25) is 0 Å². The van der Waals surface area contributed by atoms with Gasteiger partial charge in [-0.1, -0.05) is 39.3 Å². The quantitative estimate of drug-likeness (QED) is 0.664. The van der Waals surface area contributed by atoms with Crippen molar-refractivity contribution in [3.8, 4) is 0 Å². The highest BCUT2D eigenvalue weighted by atomic mass is 16.5. The number of rotatable bonds is 2. The Balaban J connectivity index is 1.64. The molecule has 0 aromatic rings. The van der Waals surface area contributed by atoms with E-state index in [4.69, 9.17) is 4.74 Å². The lowest BCUT2D eigenvalue weighted by Crippen LogP contribution is -2.52. The highest BCUT2D eigenvalue weighted by Crippen LogP contribution is 2.65. The standard InChI is InChI=1S/C23H32O3/c1-5-21(25)26-20-7-6-17-16-12-14(2)19-13-15(24)8-10-22(19,3)18(16)9-11-23(17,20)4/h8,10,13-14,16-18,20H,5-7,9,11-12H2,1-4H3/t14-,16-,17-,18-,20+,22+,23-/m0/s1. The normalized spacial score (nSPS) is 46.8. The molecule has 0 aromatic carbocycles. The van der Waals surface area contributed by atoms with E-state index in [1.807, 2.05) is 13.0 Å². The third-order valence-electron chi connectivity index (χ3n) is 8.35. The van der Waals surface area contributed by atoms with Gasteiger partial charge in [0.1, 0.15) is 6.10 Å². The fraction of sp³-hybridized carbons (Fsp3) is 0.739. The summed E-state index contributed by atoms with van der Waals surface area (Å²) in [6.07, 6.45) is 12.1. The molecule has 0 heterocycles. The fourth-order valence-electron chi connectivity index (χ4n) is 7.00. The number of esters is 1. The molecule has 0 spiro atoms. The van der Waals surface area contributed by atoms with E-state index >= 15 is 0 Å². The van der Waals surface area contributed by atoms with Gasteiger partial charge in [-0.3, -0.25) is 9.59 Å². The maximum Gasteiger partial charge on any atom is 0.305 e. The lowest BCUT2D eigenvalue weighted by Gasteiger charge is -2.58. The Morgan fingerprint density at radius 2 is 2.00 bits per heavy atom. The van der Waals surface area contributed by atoms with Crippen LogP contribution in [0.1, 0.15) is 66.2 Å². The van der Waals surface area contributed by atoms with Gasteiger partial charge in [0.15, 0.2) is 5.78 Å². The van der Waals surface area contributed by atoms with Gasteiger partial charge in [-0.05, 0) is 67.9 Å². The van der Waals surface area contributed by atoms with Crippen molar-refractivity contribution < 1.29 is 14.3 Å². The number of carbonyl (C=O) groups excluding carboxylic acids is 2. The predicted molar refractivity (Wildman–Crippen MR) is 101 cm³/mol. The van der Waals surface area contributed by atoms with E-state index in [1.165, 1.54) is 18.4 Å². The summed E-state index contributed by atoms with van der Waals surface area (Å²) >= 11 is 0. The molecular weight excluding hydrogens is 324 g/mol. The first-order valence-corrected chi connectivity index (χ1v) is 10.4. The Kier molecular flexibility index (Phi) is 4.20. The van der Waals surface area contributed by atoms with Crippen LogP contribution in [0.25, 0.3) is 0 Å². The molecule has 0 radical (unpaired) electrons. The first-order chi connectivity index (χ1) is 12.3. The monoisotopic (exact) mass is 356 g/mol. The first kappa shape index (κ1) is 18.0. The maximum absolute atomic E-state index is 12.0. The first-order valence-electron chi connectivity index (χ1n) is 10.4. The number of hydrogen-bond acceptors (Lipinski definition) is 3. The molecule has 0 bridgehead atoms. The van der Waals surface area contributed by atoms with E-state index in [0.29, 0.717) is 30.1 Å². The zero-order valence-corrected chi connectivity index (χ0v) is 16.6. The van der Waals surface area contributed by atoms with Crippen molar-refractivity contribution in [1.29, 1.82) is 0 Å². The van der Waals surface area contributed by atoms with Gasteiger partial charge in [0.25, 0.3) is 0 Å². The molecule has 3 heteroatoms. The molecule has 0 aliphatic heterocycles. The van der Waals surface area contributed by atoms with Crippen LogP contribution in [0.2, 0.25) is 0 Å². The Labute approximate surface area is 157 Å². The Hall–Kier alpha value is -1.38. The van der Waals surface area contributed by atoms with Crippen LogP contribution < -0.4 is 0 Å². The molecule has 3 saturated carbocycles. The number of allylic oxidation sites excluding steroid dienone is 4. The summed E-state index contributed by atoms with van der Waals surface area (Å²) in [5.41, 5.74) is 1.49. The molecule has 4 aliphatic rings. The van der Waals surface area contributed by atoms with Gasteiger partial charge < -0.3 is 4.74 Å². The molecular formula is C23H32O3. The van der Waals surface area contributed by atoms with Gasteiger partial charge >= 0.3 is 5.97 Å². The molecule has 4 rings (SSSR count). The number of ketones is 1. The SMILES string of the molecule is CCC(=O)O[C@@H]1CC[C@H]2[C@@H]3C[C@H](C)C4=CC(=O)C=C[C@]4(C)[C@H]3CC[C@]12C. The van der Waals surface area contributed by atoms with Gasteiger partial charge in [0, 0.05) is 17.3 Å². The molecule has 142 valence electrons. The van der Waals surface area contributed by atoms with Crippen molar-refractivity contribution in [2.75, 3.05) is 0 Å². The van der Waals surface area contributed by atoms with Crippen LogP contribution >= 0.6 is 0 Å². The van der Waals surface area contributed by atoms with E-state index in [-0.39, 0.29) is 28.7 Å². The third-order valence-corrected chi connectivity index (χ3v) is 8.35. The average molecular weight is 357 g/mol. The zero-order chi connectivity index (χ0) is 18.7. The van der Waals surface area contributed by atoms with Crippen molar-refractivity contribution in [3.05, 3.63) is 23.8 Å². The highest BCUT2D eigenvalue weighted by molar-refractivity contribution is 6.01. The van der Waals surface area contributed by atoms with Gasteiger partial charge in [-0.25, -0.2) is 0 Å². The second kappa shape index (κ2) is 6.07. The van der Waals surface area contributed by atoms with Crippen LogP contribution in [0.5, 0.6) is 0 Å². The number of hydrogen-bond donors (Lipinski definition) is 0. The zero-order valence-electron chi connectivity index (χ0n) is 16.6. The molecule has 0 N–H and O–H groups in total. The summed E-state index contributed by atoms with van der Waals surface area (Å²) in [6.45, 7) is 8.89. The summed E-state index contributed by atoms with van der Waals surface area (Å²) < 4.78 is 5.88. The summed E-state index contributed by atoms with van der Waals surface area (Å²) in [6, 6.07) is 0. The van der Waals surface area contributed by atoms with Crippen LogP contribution in [0.3, 0.4) is 0 Å². The smallest absolute Gasteiger partial charge is 0.305 e. The molecule has 3 fully saturated rings. The van der Waals surface area contributed by atoms with Crippen LogP contribution in [0.4, 0.5) is 0 Å². The average Bonchev–Trinajstić information content (AvgIpc) is 2.93. The lowest BCUT2D eigenvalue weighted by molar-refractivity contribution is -0.159. The second-order valence-electron chi connectivity index (χ2n) is 9.59. The second-order valence-corrected chi connectivity index (χ2v) is 9.59. The maximum atomic E-state index is 12.0. The predicted octanol–water partition coefficient (Wildman–Crippen LogP) is 4.86. The van der Waals surface area contributed by atoms with Crippen molar-refractivity contribution in [2.45, 2.75) is 72.3 Å². The molecule has 0 unspecified atom stereocenters. The summed E-state index contributed by atoms with van der Waals surface area (Å²) in [7, 11) is 0. The van der Waals surface area contributed by atoms with Crippen molar-refractivity contribution in [3.63, 3.8) is 0 Å². The molecule has 0 saturated heterocycles. The molecule has 3 nitrogen and oxygen atoms in total. The third kappa shape index (κ3) is 2.46. The Morgan fingerprint density at radius 1 is 1.23 bits per heavy atom. The minimum Gasteiger partial charge on any atom is -0.462 e. The van der Waals surface area contributed by atoms with E-state index in [9.17, 15) is 9.59 Å². The number of carbonyl (C=O) groups is 2. The van der Waals surface area contributed by atoms with E-state index in [0.717, 1.165) is 19.3 Å². The van der Waals surface area contributed by atoms with Gasteiger partial charge in [-0.15, -0.1) is 0 Å². The van der Waals surface area contributed by atoms with E-state index in [1.54, 1.807) is 6.08 Å². The largest absolute Gasteiger partial charge is 0.462 e. The van der Waals surface area contributed by atoms with Crippen molar-refractivity contribution in [2.24, 2.45) is 34.5 Å². The number of fused-ring (bicyclic) bond motifs is 5. The fourth-order valence-corrected chi connectivity index (χ4v) is 7.00. The van der Waals surface area contributed by atoms with Crippen LogP contribution in [-0.2, 0) is 14.3 Å². The lowest BCUT2D eigenvalue weighted by atomic mass is 9.46. The molecule has 0 amide bonds. The minimum atomic E-state index is -0.0538. The molecule has 4 aliphatic carbocycles. The molecule has 26 heavy (non-hydrogen) atoms. The minimum absolute atomic E-state index is 0.0236. The van der Waals surface area contributed by atoms with Gasteiger partial charge in [-0.2, -0.15) is 0 Å². The molecule has 7 atom stereocenters. The number of ether oxygens (including phenoxy) is 1. The van der Waals surface area contributed by atoms with E-state index in [2.05, 4.69) is 26.8 Å². The summed E-state index contributed by atoms with van der Waals surface area (Å²) in [5, 5.41) is 0. The van der Waals surface area contributed by atoms with Crippen molar-refractivity contribution >= 4 is 11.8 Å². The Morgan fingerprint density at radius 3 is 2.73 bits per heavy atom. The Bertz CT molecular complexity index is 690. The van der Waals surface area contributed by atoms with Crippen LogP contribution in [0, 0.1) is 34.5 Å². The van der Waals surface area contributed by atoms with Crippen LogP contribution in [0.15, 0.2) is 23.8 Å². The summed E-state index contributed by atoms with van der Waals surface area (Å²) in [4.78, 5) is 23.9. The van der Waals surface area contributed by atoms with E-state index < -0.39 is 0 Å². The topological polar surface area (TPSA) is 43.4 Å². The van der Waals surface area contributed by atoms with Gasteiger partial charge in [0.05, 0.1) is 0 Å². The molecule has 0 aromatic heterocycles.